The Bertz CT molecular complexity index is 5980. The number of likely N-dealkylation sites (tertiary alicyclic amines) is 2. The molecule has 762 valence electrons. The lowest BCUT2D eigenvalue weighted by Gasteiger charge is -2.35. The van der Waals surface area contributed by atoms with Gasteiger partial charge in [0.05, 0.1) is 66.2 Å². The summed E-state index contributed by atoms with van der Waals surface area (Å²) in [5.74, 6) is 3.28. The molecule has 7 atom stereocenters. The van der Waals surface area contributed by atoms with Crippen molar-refractivity contribution in [3.63, 3.8) is 0 Å². The number of hydrogen-bond donors (Lipinski definition) is 7. The third-order valence-corrected chi connectivity index (χ3v) is 30.4. The molecule has 4 fully saturated rings. The van der Waals surface area contributed by atoms with Crippen LogP contribution in [0, 0.1) is 24.7 Å². The number of hydrogen-bond acceptors (Lipinski definition) is 26. The minimum absolute atomic E-state index is 0.0307. The number of carbonyl (C=O) groups is 6. The average molecular weight is 2110 g/mol. The highest BCUT2D eigenvalue weighted by atomic mass is 79.9. The van der Waals surface area contributed by atoms with Gasteiger partial charge in [-0.2, -0.15) is 0 Å². The van der Waals surface area contributed by atoms with Crippen molar-refractivity contribution in [2.75, 3.05) is 132 Å². The van der Waals surface area contributed by atoms with Gasteiger partial charge in [0.1, 0.15) is 79.1 Å². The van der Waals surface area contributed by atoms with Crippen molar-refractivity contribution >= 4 is 128 Å². The molecule has 16 rings (SSSR count). The second-order valence-electron chi connectivity index (χ2n) is 38.7. The van der Waals surface area contributed by atoms with Crippen LogP contribution in [0.15, 0.2) is 197 Å². The van der Waals surface area contributed by atoms with E-state index < -0.39 is 59.0 Å². The number of aromatic hydroxyl groups is 2. The van der Waals surface area contributed by atoms with E-state index in [1.165, 1.54) is 9.80 Å². The lowest BCUT2D eigenvalue weighted by Crippen LogP contribution is -2.58. The van der Waals surface area contributed by atoms with Crippen LogP contribution in [0.3, 0.4) is 0 Å². The van der Waals surface area contributed by atoms with Crippen molar-refractivity contribution in [2.45, 2.75) is 157 Å². The monoisotopic (exact) mass is 2110 g/mol. The van der Waals surface area contributed by atoms with Crippen molar-refractivity contribution in [3.05, 3.63) is 225 Å². The maximum absolute atomic E-state index is 13.6. The van der Waals surface area contributed by atoms with Gasteiger partial charge >= 0.3 is 0 Å². The summed E-state index contributed by atoms with van der Waals surface area (Å²) in [5, 5.41) is 51.9. The van der Waals surface area contributed by atoms with E-state index in [9.17, 15) is 49.2 Å². The molecule has 12 aromatic rings. The molecule has 4 saturated heterocycles. The zero-order valence-corrected chi connectivity index (χ0v) is 89.2. The number of likely N-dealkylation sites (N-methyl/N-ethyl adjacent to an activating group) is 2. The molecule has 0 saturated carbocycles. The van der Waals surface area contributed by atoms with Crippen LogP contribution in [0.2, 0.25) is 5.02 Å². The van der Waals surface area contributed by atoms with Gasteiger partial charge in [0.25, 0.3) is 0 Å². The van der Waals surface area contributed by atoms with Crippen molar-refractivity contribution in [3.8, 4) is 87.8 Å². The number of carbonyl (C=O) groups excluding carboxylic acids is 6. The first-order valence-electron chi connectivity index (χ1n) is 48.7. The lowest BCUT2D eigenvalue weighted by molar-refractivity contribution is -0.144. The molecule has 0 unspecified atom stereocenters. The summed E-state index contributed by atoms with van der Waals surface area (Å²) in [6.45, 7) is 33.7. The van der Waals surface area contributed by atoms with E-state index in [2.05, 4.69) is 87.7 Å². The van der Waals surface area contributed by atoms with E-state index in [0.717, 1.165) is 202 Å². The van der Waals surface area contributed by atoms with E-state index in [-0.39, 0.29) is 86.6 Å². The van der Waals surface area contributed by atoms with Gasteiger partial charge in [0, 0.05) is 141 Å². The van der Waals surface area contributed by atoms with Gasteiger partial charge in [-0.1, -0.05) is 156 Å². The topological polar surface area (TPSA) is 320 Å². The van der Waals surface area contributed by atoms with Gasteiger partial charge in [0.2, 0.25) is 29.5 Å². The SMILES string of the molecule is CCCOCC(=O)N[C@H](C(=O)N1C[C@H](O)C[C@H]1C(=O)CCc1ccc(-c2scnc2C)cc1)C(C)(C)C.CCCOCC(=O)N[C@H](C(=O)N1C[C@H](O)C[C@H]1C(=O)N[C@@H](C)c1ccc(-c2scnc2C)cc1)C(C)(C)C.CN1CCN(CCOc2ccc(Oc3c(-c4ccc(Br)cc4)sc4cc(O)ccc34)cc2)CC1.CN1CCN(CCOc2ccc(Oc3c(-c4ccc(Cl)cc4)sc4cc(O)ccc34)cc2)CC1. The summed E-state index contributed by atoms with van der Waals surface area (Å²) in [4.78, 5) is 104. The summed E-state index contributed by atoms with van der Waals surface area (Å²) in [6, 6.07) is 54.7. The summed E-state index contributed by atoms with van der Waals surface area (Å²) < 4.78 is 38.3. The number of aromatic nitrogens is 2. The maximum Gasteiger partial charge on any atom is 0.246 e. The number of thiophene rings is 2. The van der Waals surface area contributed by atoms with E-state index in [1.54, 1.807) is 69.6 Å². The zero-order chi connectivity index (χ0) is 102. The fourth-order valence-corrected chi connectivity index (χ4v) is 21.5. The number of aryl methyl sites for hydroxylation is 3. The molecule has 4 aliphatic heterocycles. The Labute approximate surface area is 867 Å². The van der Waals surface area contributed by atoms with E-state index in [4.69, 9.17) is 40.0 Å². The van der Waals surface area contributed by atoms with Crippen molar-refractivity contribution in [1.82, 2.24) is 55.3 Å². The molecule has 0 radical (unpaired) electrons. The van der Waals surface area contributed by atoms with Crippen LogP contribution in [-0.4, -0.2) is 264 Å². The third-order valence-electron chi connectivity index (χ3n) is 25.3. The van der Waals surface area contributed by atoms with Crippen LogP contribution in [0.5, 0.6) is 46.0 Å². The van der Waals surface area contributed by atoms with Crippen molar-refractivity contribution < 1.29 is 77.6 Å². The summed E-state index contributed by atoms with van der Waals surface area (Å²) >= 11 is 16.0. The third kappa shape index (κ3) is 30.9. The summed E-state index contributed by atoms with van der Waals surface area (Å²) in [7, 11) is 4.33. The molecule has 33 heteroatoms. The number of ether oxygens (including phenoxy) is 6. The number of halogens is 2. The molecule has 4 aliphatic rings. The highest BCUT2D eigenvalue weighted by molar-refractivity contribution is 9.10. The number of nitrogens with one attached hydrogen (secondary N) is 3. The largest absolute Gasteiger partial charge is 0.508 e. The van der Waals surface area contributed by atoms with Gasteiger partial charge in [-0.3, -0.25) is 38.6 Å². The van der Waals surface area contributed by atoms with Gasteiger partial charge in [-0.15, -0.1) is 45.3 Å². The van der Waals surface area contributed by atoms with Crippen molar-refractivity contribution in [2.24, 2.45) is 10.8 Å². The van der Waals surface area contributed by atoms with E-state index >= 15 is 0 Å². The number of aliphatic hydroxyl groups excluding tert-OH is 2. The molecule has 0 bridgehead atoms. The number of aliphatic hydroxyl groups is 2. The Kier molecular flexibility index (Phi) is 39.7. The predicted octanol–water partition coefficient (Wildman–Crippen LogP) is 19.6. The number of phenolic OH excluding ortho intramolecular Hbond substituents is 2. The molecule has 5 amide bonds. The van der Waals surface area contributed by atoms with E-state index in [0.29, 0.717) is 37.9 Å². The second kappa shape index (κ2) is 51.8. The standard InChI is InChI=1S/C28H40N4O5S.C28H39N3O5S.C27H27BrN2O3S.C27H27ClN2O3S/c1-7-12-37-15-23(34)31-25(28(4,5)6)27(36)32-14-21(33)13-22(32)26(35)30-17(2)19-8-10-20(11-9-19)24-18(3)29-16-38-24;1-6-13-36-16-24(34)30-26(28(3,4)5)27(35)31-15-21(32)14-22(31)23(33)12-9-19-7-10-20(11-8-19)25-18(2)29-17-37-25;2*1-29-12-14-30(15-13-29)16-17-32-22-7-9-23(10-8-22)33-26-24-11-6-21(31)18-25(24)34-27(26)19-2-4-20(28)5-3-19/h8-11,16-17,21-22,25,33H,7,12-15H2,1-6H3,(H,30,35)(H,31,34);7-8,10-11,17,21-22,26,32H,6,9,12-16H2,1-5H3,(H,30,34);2*2-11,18,31H,12-17H2,1H3/t17-,21+,22-,25+;21-,22+,26-;;/m01../s1. The first-order chi connectivity index (χ1) is 68.5. The number of Topliss-reactive ketones (excluding diaryl/α,β-unsaturated/α-hetero) is 1. The second-order valence-corrected chi connectivity index (χ2v) is 43.9. The maximum atomic E-state index is 13.6. The minimum atomic E-state index is -0.874. The highest BCUT2D eigenvalue weighted by Gasteiger charge is 2.47. The number of phenols is 2. The van der Waals surface area contributed by atoms with Crippen LogP contribution in [0.1, 0.15) is 123 Å². The predicted molar refractivity (Wildman–Crippen MR) is 574 cm³/mol. The first kappa shape index (κ1) is 109. The number of nitrogens with zero attached hydrogens (tertiary/aromatic N) is 8. The minimum Gasteiger partial charge on any atom is -0.508 e. The fourth-order valence-electron chi connectivity index (χ4n) is 17.1. The van der Waals surface area contributed by atoms with Crippen LogP contribution < -0.4 is 34.9 Å². The molecule has 0 spiro atoms. The van der Waals surface area contributed by atoms with Crippen LogP contribution in [0.4, 0.5) is 0 Å². The van der Waals surface area contributed by atoms with Crippen LogP contribution in [-0.2, 0) is 44.7 Å². The first-order valence-corrected chi connectivity index (χ1v) is 53.3. The van der Waals surface area contributed by atoms with Crippen molar-refractivity contribution in [1.29, 1.82) is 0 Å². The molecule has 8 aromatic carbocycles. The normalized spacial score (nSPS) is 17.0. The smallest absolute Gasteiger partial charge is 0.246 e. The highest BCUT2D eigenvalue weighted by Crippen LogP contribution is 2.50. The van der Waals surface area contributed by atoms with Gasteiger partial charge in [0.15, 0.2) is 17.3 Å². The van der Waals surface area contributed by atoms with Gasteiger partial charge < -0.3 is 84.4 Å². The van der Waals surface area contributed by atoms with Gasteiger partial charge in [-0.25, -0.2) is 9.97 Å². The number of thiazole rings is 2. The Morgan fingerprint density at radius 1 is 0.497 bits per heavy atom. The molecule has 0 aliphatic carbocycles. The number of rotatable bonds is 35. The Hall–Kier alpha value is -10.8. The summed E-state index contributed by atoms with van der Waals surface area (Å²) in [6.07, 6.45) is 1.13. The molecule has 27 nitrogen and oxygen atoms in total. The van der Waals surface area contributed by atoms with E-state index in [1.807, 2.05) is 233 Å². The Balaban J connectivity index is 0.000000160. The molecule has 143 heavy (non-hydrogen) atoms. The molecule has 7 N–H and O–H groups in total. The summed E-state index contributed by atoms with van der Waals surface area (Å²) in [5.41, 5.74) is 10.6. The van der Waals surface area contributed by atoms with Crippen LogP contribution >= 0.6 is 72.9 Å². The number of β-amino-alcohol motifs (C(OH)–C–C–N with tert-alkyl or cyclic N) is 2. The Morgan fingerprint density at radius 2 is 0.888 bits per heavy atom. The van der Waals surface area contributed by atoms with Gasteiger partial charge in [-0.05, 0) is 208 Å². The lowest BCUT2D eigenvalue weighted by atomic mass is 9.85. The number of benzene rings is 8. The number of ketones is 1. The zero-order valence-electron chi connectivity index (χ0n) is 83.6. The molecular weight excluding hydrogens is 1970 g/mol. The van der Waals surface area contributed by atoms with Crippen LogP contribution in [0.25, 0.3) is 61.9 Å². The average Bonchev–Trinajstić information content (AvgIpc) is 1.63. The Morgan fingerprint density at radius 3 is 1.30 bits per heavy atom. The number of fused-ring (bicyclic) bond motifs is 2. The number of piperazine rings is 2. The molecular formula is C110H133BrClN11O16S4. The number of amides is 5. The molecule has 4 aromatic heterocycles. The molecule has 8 heterocycles. The quantitative estimate of drug-likeness (QED) is 0.0181. The fraction of sp³-hybridized carbons (Fsp3) is 0.418.